The van der Waals surface area contributed by atoms with Crippen molar-refractivity contribution in [1.82, 2.24) is 19.7 Å². The molecule has 0 fully saturated rings. The lowest BCUT2D eigenvalue weighted by atomic mass is 9.98. The number of phenolic OH excluding ortho intramolecular Hbond substituents is 1. The Hall–Kier alpha value is -4.65. The van der Waals surface area contributed by atoms with Gasteiger partial charge in [0.25, 0.3) is 0 Å². The van der Waals surface area contributed by atoms with Crippen LogP contribution in [-0.2, 0) is 11.2 Å². The predicted octanol–water partition coefficient (Wildman–Crippen LogP) is 1.97. The maximum absolute atomic E-state index is 14.0. The van der Waals surface area contributed by atoms with Gasteiger partial charge in [-0.25, -0.2) is 19.0 Å². The van der Waals surface area contributed by atoms with E-state index >= 15 is 0 Å². The molecule has 2 aromatic heterocycles. The van der Waals surface area contributed by atoms with E-state index in [-0.39, 0.29) is 24.2 Å². The third-order valence-corrected chi connectivity index (χ3v) is 5.58. The van der Waals surface area contributed by atoms with Crippen LogP contribution in [0.2, 0.25) is 0 Å². The van der Waals surface area contributed by atoms with Crippen LogP contribution in [0.25, 0.3) is 22.3 Å². The van der Waals surface area contributed by atoms with Crippen molar-refractivity contribution < 1.29 is 14.3 Å². The van der Waals surface area contributed by atoms with Gasteiger partial charge in [0.1, 0.15) is 29.4 Å². The van der Waals surface area contributed by atoms with E-state index in [0.717, 1.165) is 17.3 Å². The van der Waals surface area contributed by atoms with Gasteiger partial charge in [0.2, 0.25) is 0 Å². The normalized spacial score (nSPS) is 15.1. The van der Waals surface area contributed by atoms with E-state index in [4.69, 9.17) is 16.6 Å². The number of nitrogen functional groups attached to an aromatic ring is 1. The van der Waals surface area contributed by atoms with Crippen LogP contribution in [0, 0.1) is 17.8 Å². The molecule has 1 atom stereocenters. The van der Waals surface area contributed by atoms with Crippen LogP contribution in [0.15, 0.2) is 48.8 Å². The smallest absolute Gasteiger partial charge is 0.304 e. The molecule has 0 bridgehead atoms. The quantitative estimate of drug-likeness (QED) is 0.318. The van der Waals surface area contributed by atoms with Crippen LogP contribution < -0.4 is 16.4 Å². The number of carbonyl (C=O) groups excluding carboxylic acids is 1. The lowest BCUT2D eigenvalue weighted by Gasteiger charge is -2.33. The van der Waals surface area contributed by atoms with Crippen LogP contribution in [0.4, 0.5) is 15.9 Å². The number of nitrogens with zero attached hydrogens (tertiary/aromatic N) is 5. The molecule has 1 unspecified atom stereocenters. The zero-order valence-electron chi connectivity index (χ0n) is 17.2. The van der Waals surface area contributed by atoms with E-state index < -0.39 is 11.7 Å². The Morgan fingerprint density at radius 2 is 2.03 bits per heavy atom. The summed E-state index contributed by atoms with van der Waals surface area (Å²) in [6, 6.07) is 13.0. The summed E-state index contributed by atoms with van der Waals surface area (Å²) in [7, 11) is 0. The number of nitrogens with two attached hydrogens (primary N) is 2. The Balaban J connectivity index is 1.68. The third kappa shape index (κ3) is 3.45. The maximum Gasteiger partial charge on any atom is 0.304 e. The van der Waals surface area contributed by atoms with Crippen molar-refractivity contribution in [3.8, 4) is 29.0 Å². The van der Waals surface area contributed by atoms with Gasteiger partial charge in [-0.15, -0.1) is 0 Å². The zero-order valence-corrected chi connectivity index (χ0v) is 17.2. The average molecular weight is 443 g/mol. The Morgan fingerprint density at radius 3 is 2.82 bits per heavy atom. The summed E-state index contributed by atoms with van der Waals surface area (Å²) >= 11 is 0. The molecule has 0 saturated carbocycles. The van der Waals surface area contributed by atoms with Crippen molar-refractivity contribution in [2.75, 3.05) is 17.2 Å². The molecule has 3 heterocycles. The fourth-order valence-electron chi connectivity index (χ4n) is 4.22. The Morgan fingerprint density at radius 1 is 1.21 bits per heavy atom. The minimum atomic E-state index is -0.619. The topological polar surface area (TPSA) is 136 Å². The van der Waals surface area contributed by atoms with Gasteiger partial charge in [-0.05, 0) is 30.2 Å². The molecule has 1 aliphatic heterocycles. The molecule has 4 aromatic rings. The van der Waals surface area contributed by atoms with Crippen molar-refractivity contribution in [2.45, 2.75) is 12.5 Å². The van der Waals surface area contributed by atoms with E-state index in [1.165, 1.54) is 18.5 Å². The van der Waals surface area contributed by atoms with Crippen molar-refractivity contribution in [3.05, 3.63) is 60.2 Å². The number of halogens is 1. The van der Waals surface area contributed by atoms with Gasteiger partial charge in [-0.3, -0.25) is 9.69 Å². The summed E-state index contributed by atoms with van der Waals surface area (Å²) in [6.07, 6.45) is 1.88. The van der Waals surface area contributed by atoms with Gasteiger partial charge in [-0.1, -0.05) is 18.2 Å². The minimum Gasteiger partial charge on any atom is -0.508 e. The number of carbonyl (C=O) groups is 1. The second-order valence-electron chi connectivity index (χ2n) is 7.62. The fraction of sp³-hybridized carbons (Fsp3) is 0.130. The number of benzene rings is 2. The molecule has 5 rings (SSSR count). The molecule has 0 spiro atoms. The highest BCUT2D eigenvalue weighted by Crippen LogP contribution is 2.37. The Bertz CT molecular complexity index is 1450. The second-order valence-corrected chi connectivity index (χ2v) is 7.62. The molecule has 1 amide bonds. The molecule has 10 heteroatoms. The van der Waals surface area contributed by atoms with E-state index in [0.29, 0.717) is 28.7 Å². The largest absolute Gasteiger partial charge is 0.508 e. The monoisotopic (exact) mass is 443 g/mol. The van der Waals surface area contributed by atoms with E-state index in [1.807, 2.05) is 24.3 Å². The fourth-order valence-corrected chi connectivity index (χ4v) is 4.22. The molecule has 0 aliphatic carbocycles. The van der Waals surface area contributed by atoms with E-state index in [9.17, 15) is 14.3 Å². The van der Waals surface area contributed by atoms with Gasteiger partial charge in [0, 0.05) is 35.8 Å². The first-order chi connectivity index (χ1) is 16.0. The van der Waals surface area contributed by atoms with Crippen LogP contribution >= 0.6 is 0 Å². The standard InChI is InChI=1S/C23H18FN7O2/c24-15-7-14(9-17(32)10-15)21-20-22(26)27-12-28-23(20)31(29-21)16-8-13-3-1-2-4-18(13)30(11-16)19(33)5-6-25/h1-4,7,9-10,12,16,32H,8,11,25H2,(H2,26,27,28). The second kappa shape index (κ2) is 7.80. The summed E-state index contributed by atoms with van der Waals surface area (Å²) in [4.78, 5) is 22.7. The highest BCUT2D eigenvalue weighted by Gasteiger charge is 2.31. The van der Waals surface area contributed by atoms with Crippen molar-refractivity contribution >= 4 is 28.4 Å². The average Bonchev–Trinajstić information content (AvgIpc) is 3.19. The number of anilines is 2. The Labute approximate surface area is 187 Å². The number of aromatic nitrogens is 4. The number of para-hydroxylation sites is 1. The highest BCUT2D eigenvalue weighted by atomic mass is 19.1. The number of aromatic hydroxyl groups is 1. The first kappa shape index (κ1) is 20.3. The van der Waals surface area contributed by atoms with Crippen molar-refractivity contribution in [1.29, 1.82) is 0 Å². The van der Waals surface area contributed by atoms with Gasteiger partial charge in [-0.2, -0.15) is 5.10 Å². The first-order valence-corrected chi connectivity index (χ1v) is 10.1. The molecule has 0 radical (unpaired) electrons. The van der Waals surface area contributed by atoms with E-state index in [2.05, 4.69) is 21.9 Å². The molecular formula is C23H18FN7O2. The van der Waals surface area contributed by atoms with Crippen LogP contribution in [-0.4, -0.2) is 37.3 Å². The van der Waals surface area contributed by atoms with Crippen molar-refractivity contribution in [3.63, 3.8) is 0 Å². The molecule has 0 saturated heterocycles. The predicted molar refractivity (Wildman–Crippen MR) is 120 cm³/mol. The van der Waals surface area contributed by atoms with Crippen LogP contribution in [0.5, 0.6) is 5.75 Å². The SMILES string of the molecule is NC#CC(=O)N1CC(n2nc(-c3cc(O)cc(F)c3)c3c(N)ncnc32)Cc2ccccc21. The number of hydrogen-bond donors (Lipinski definition) is 3. The minimum absolute atomic E-state index is 0.170. The zero-order chi connectivity index (χ0) is 23.1. The summed E-state index contributed by atoms with van der Waals surface area (Å²) in [5.74, 6) is 1.26. The first-order valence-electron chi connectivity index (χ1n) is 10.1. The van der Waals surface area contributed by atoms with Gasteiger partial charge in [0.15, 0.2) is 5.65 Å². The molecule has 164 valence electrons. The number of hydrogen-bond acceptors (Lipinski definition) is 7. The summed E-state index contributed by atoms with van der Waals surface area (Å²) in [5.41, 5.74) is 14.2. The number of amides is 1. The molecule has 1 aliphatic rings. The van der Waals surface area contributed by atoms with Crippen LogP contribution in [0.1, 0.15) is 11.6 Å². The van der Waals surface area contributed by atoms with Crippen molar-refractivity contribution in [2.24, 2.45) is 5.73 Å². The molecule has 5 N–H and O–H groups in total. The maximum atomic E-state index is 14.0. The Kier molecular flexibility index (Phi) is 4.79. The lowest BCUT2D eigenvalue weighted by molar-refractivity contribution is -0.113. The lowest BCUT2D eigenvalue weighted by Crippen LogP contribution is -2.40. The van der Waals surface area contributed by atoms with Crippen LogP contribution in [0.3, 0.4) is 0 Å². The molecule has 2 aromatic carbocycles. The number of phenols is 1. The number of fused-ring (bicyclic) bond motifs is 2. The third-order valence-electron chi connectivity index (χ3n) is 5.58. The van der Waals surface area contributed by atoms with Gasteiger partial charge in [0.05, 0.1) is 11.4 Å². The summed E-state index contributed by atoms with van der Waals surface area (Å²) in [6.45, 7) is 0.263. The molecular weight excluding hydrogens is 425 g/mol. The van der Waals surface area contributed by atoms with Gasteiger partial charge < -0.3 is 16.6 Å². The number of rotatable bonds is 2. The summed E-state index contributed by atoms with van der Waals surface area (Å²) in [5, 5.41) is 15.0. The molecule has 9 nitrogen and oxygen atoms in total. The molecule has 33 heavy (non-hydrogen) atoms. The summed E-state index contributed by atoms with van der Waals surface area (Å²) < 4.78 is 15.7. The highest BCUT2D eigenvalue weighted by molar-refractivity contribution is 6.06. The van der Waals surface area contributed by atoms with Gasteiger partial charge >= 0.3 is 5.91 Å². The van der Waals surface area contributed by atoms with E-state index in [1.54, 1.807) is 9.58 Å².